The minimum absolute atomic E-state index is 0.0730. The first kappa shape index (κ1) is 14.4. The van der Waals surface area contributed by atoms with Crippen molar-refractivity contribution in [1.29, 1.82) is 0 Å². The molecule has 0 aliphatic carbocycles. The zero-order chi connectivity index (χ0) is 16.8. The molecule has 0 amide bonds. The lowest BCUT2D eigenvalue weighted by Gasteiger charge is -2.09. The number of hydrogen-bond donors (Lipinski definition) is 0. The molecular formula is C16H11F2N5O. The molecule has 3 heterocycles. The van der Waals surface area contributed by atoms with Crippen LogP contribution in [0.25, 0.3) is 27.6 Å². The molecule has 3 aromatic heterocycles. The Morgan fingerprint density at radius 3 is 2.75 bits per heavy atom. The van der Waals surface area contributed by atoms with E-state index in [1.807, 2.05) is 0 Å². The first-order chi connectivity index (χ1) is 11.5. The minimum atomic E-state index is -2.94. The fraction of sp³-hybridized carbons (Fsp3) is 0.125. The molecular weight excluding hydrogens is 316 g/mol. The summed E-state index contributed by atoms with van der Waals surface area (Å²) in [4.78, 5) is 16.4. The number of benzene rings is 1. The van der Waals surface area contributed by atoms with E-state index < -0.39 is 17.5 Å². The van der Waals surface area contributed by atoms with Gasteiger partial charge in [-0.05, 0) is 30.3 Å². The number of aromatic nitrogens is 5. The molecule has 0 saturated heterocycles. The summed E-state index contributed by atoms with van der Waals surface area (Å²) in [5, 5.41) is 9.21. The van der Waals surface area contributed by atoms with Crippen molar-refractivity contribution in [3.8, 4) is 5.69 Å². The number of alkyl halides is 2. The molecule has 0 spiro atoms. The Bertz CT molecular complexity index is 1130. The summed E-state index contributed by atoms with van der Waals surface area (Å²) < 4.78 is 29.5. The van der Waals surface area contributed by atoms with Gasteiger partial charge in [0, 0.05) is 24.8 Å². The van der Waals surface area contributed by atoms with Gasteiger partial charge in [-0.25, -0.2) is 8.78 Å². The summed E-state index contributed by atoms with van der Waals surface area (Å²) in [6.45, 7) is 0. The molecule has 0 aliphatic heterocycles. The first-order valence-corrected chi connectivity index (χ1v) is 7.14. The molecule has 0 N–H and O–H groups in total. The van der Waals surface area contributed by atoms with Crippen molar-refractivity contribution in [2.24, 2.45) is 7.05 Å². The number of rotatable bonds is 2. The van der Waals surface area contributed by atoms with Crippen molar-refractivity contribution in [3.05, 3.63) is 58.6 Å². The third kappa shape index (κ3) is 2.15. The smallest absolute Gasteiger partial charge is 0.275 e. The zero-order valence-corrected chi connectivity index (χ0v) is 12.5. The Labute approximate surface area is 134 Å². The largest absolute Gasteiger partial charge is 0.282 e. The van der Waals surface area contributed by atoms with Crippen molar-refractivity contribution in [1.82, 2.24) is 24.5 Å². The number of pyridine rings is 1. The Balaban J connectivity index is 2.04. The van der Waals surface area contributed by atoms with Crippen LogP contribution in [0.1, 0.15) is 12.0 Å². The summed E-state index contributed by atoms with van der Waals surface area (Å²) in [5.41, 5.74) is -0.222. The van der Waals surface area contributed by atoms with Crippen LogP contribution in [-0.4, -0.2) is 24.5 Å². The Kier molecular flexibility index (Phi) is 3.12. The van der Waals surface area contributed by atoms with Gasteiger partial charge in [0.2, 0.25) is 0 Å². The van der Waals surface area contributed by atoms with Gasteiger partial charge in [0.05, 0.1) is 11.2 Å². The molecule has 0 bridgehead atoms. The maximum absolute atomic E-state index is 13.4. The van der Waals surface area contributed by atoms with E-state index in [4.69, 9.17) is 0 Å². The maximum atomic E-state index is 13.4. The summed E-state index contributed by atoms with van der Waals surface area (Å²) in [6, 6.07) is 8.17. The normalized spacial score (nSPS) is 11.7. The highest BCUT2D eigenvalue weighted by Crippen LogP contribution is 2.23. The van der Waals surface area contributed by atoms with Crippen molar-refractivity contribution < 1.29 is 8.78 Å². The Morgan fingerprint density at radius 1 is 1.12 bits per heavy atom. The van der Waals surface area contributed by atoms with Crippen molar-refractivity contribution in [2.75, 3.05) is 0 Å². The van der Waals surface area contributed by atoms with Gasteiger partial charge in [-0.3, -0.25) is 14.5 Å². The molecule has 6 nitrogen and oxygen atoms in total. The number of nitrogens with zero attached hydrogens (tertiary/aromatic N) is 5. The van der Waals surface area contributed by atoms with E-state index in [0.29, 0.717) is 5.69 Å². The van der Waals surface area contributed by atoms with E-state index >= 15 is 0 Å². The van der Waals surface area contributed by atoms with Gasteiger partial charge in [0.15, 0.2) is 0 Å². The molecule has 0 saturated carbocycles. The van der Waals surface area contributed by atoms with E-state index in [2.05, 4.69) is 15.2 Å². The quantitative estimate of drug-likeness (QED) is 0.568. The summed E-state index contributed by atoms with van der Waals surface area (Å²) in [5.74, 6) is 0. The molecule has 24 heavy (non-hydrogen) atoms. The third-order valence-corrected chi connectivity index (χ3v) is 3.74. The van der Waals surface area contributed by atoms with Crippen LogP contribution in [0, 0.1) is 0 Å². The van der Waals surface area contributed by atoms with Crippen molar-refractivity contribution >= 4 is 21.9 Å². The number of aryl methyl sites for hydroxylation is 1. The van der Waals surface area contributed by atoms with Crippen LogP contribution in [0.2, 0.25) is 0 Å². The van der Waals surface area contributed by atoms with Gasteiger partial charge in [-0.15, -0.1) is 0 Å². The lowest BCUT2D eigenvalue weighted by molar-refractivity contribution is 0.150. The Morgan fingerprint density at radius 2 is 1.96 bits per heavy atom. The van der Waals surface area contributed by atoms with Gasteiger partial charge in [0.1, 0.15) is 16.6 Å². The topological polar surface area (TPSA) is 65.6 Å². The van der Waals surface area contributed by atoms with E-state index in [0.717, 1.165) is 15.6 Å². The second kappa shape index (κ2) is 5.19. The summed E-state index contributed by atoms with van der Waals surface area (Å²) >= 11 is 0. The van der Waals surface area contributed by atoms with Gasteiger partial charge in [0.25, 0.3) is 12.0 Å². The van der Waals surface area contributed by atoms with Gasteiger partial charge >= 0.3 is 0 Å². The molecule has 1 aromatic carbocycles. The van der Waals surface area contributed by atoms with Crippen LogP contribution >= 0.6 is 0 Å². The monoisotopic (exact) mass is 327 g/mol. The molecule has 120 valence electrons. The van der Waals surface area contributed by atoms with Crippen LogP contribution in [-0.2, 0) is 7.05 Å². The molecule has 0 fully saturated rings. The van der Waals surface area contributed by atoms with Crippen LogP contribution in [0.4, 0.5) is 8.78 Å². The average Bonchev–Trinajstić information content (AvgIpc) is 2.92. The third-order valence-electron chi connectivity index (χ3n) is 3.74. The number of hydrogen-bond acceptors (Lipinski definition) is 4. The average molecular weight is 327 g/mol. The summed E-state index contributed by atoms with van der Waals surface area (Å²) in [6.07, 6.45) is 0.202. The second-order valence-corrected chi connectivity index (χ2v) is 5.35. The van der Waals surface area contributed by atoms with Gasteiger partial charge < -0.3 is 0 Å². The van der Waals surface area contributed by atoms with Gasteiger partial charge in [-0.2, -0.15) is 14.9 Å². The van der Waals surface area contributed by atoms with E-state index in [1.54, 1.807) is 48.3 Å². The number of fused-ring (bicyclic) bond motifs is 2. The lowest BCUT2D eigenvalue weighted by atomic mass is 10.2. The molecule has 4 rings (SSSR count). The minimum Gasteiger partial charge on any atom is -0.275 e. The van der Waals surface area contributed by atoms with E-state index in [9.17, 15) is 13.6 Å². The number of halogens is 2. The van der Waals surface area contributed by atoms with Crippen LogP contribution in [0.15, 0.2) is 47.5 Å². The van der Waals surface area contributed by atoms with Crippen LogP contribution in [0.5, 0.6) is 0 Å². The predicted octanol–water partition coefficient (Wildman–Crippen LogP) is 2.61. The van der Waals surface area contributed by atoms with E-state index in [1.165, 1.54) is 6.20 Å². The van der Waals surface area contributed by atoms with Crippen LogP contribution < -0.4 is 5.56 Å². The lowest BCUT2D eigenvalue weighted by Crippen LogP contribution is -2.25. The maximum Gasteiger partial charge on any atom is 0.282 e. The highest BCUT2D eigenvalue weighted by atomic mass is 19.3. The standard InChI is InChI=1S/C16H11F2N5O/c1-22-8-9-7-10(4-5-11(9)20-22)23-16(24)13(15(17)18)14-12(21-23)3-2-6-19-14/h2-8,15H,1H3. The molecule has 4 aromatic rings. The highest BCUT2D eigenvalue weighted by molar-refractivity contribution is 5.81. The SMILES string of the molecule is Cn1cc2cc(-n3nc4cccnc4c(C(F)F)c3=O)ccc2n1. The summed E-state index contributed by atoms with van der Waals surface area (Å²) in [7, 11) is 1.78. The van der Waals surface area contributed by atoms with Gasteiger partial charge in [-0.1, -0.05) is 0 Å². The molecule has 0 atom stereocenters. The molecule has 0 unspecified atom stereocenters. The van der Waals surface area contributed by atoms with Crippen molar-refractivity contribution in [2.45, 2.75) is 6.43 Å². The van der Waals surface area contributed by atoms with Crippen molar-refractivity contribution in [3.63, 3.8) is 0 Å². The molecule has 0 radical (unpaired) electrons. The molecule has 0 aliphatic rings. The molecule has 8 heteroatoms. The Hall–Kier alpha value is -3.16. The fourth-order valence-corrected chi connectivity index (χ4v) is 2.69. The van der Waals surface area contributed by atoms with E-state index in [-0.39, 0.29) is 11.0 Å². The highest BCUT2D eigenvalue weighted by Gasteiger charge is 2.21. The second-order valence-electron chi connectivity index (χ2n) is 5.35. The predicted molar refractivity (Wildman–Crippen MR) is 84.4 cm³/mol. The first-order valence-electron chi connectivity index (χ1n) is 7.14. The fourth-order valence-electron chi connectivity index (χ4n) is 2.69. The zero-order valence-electron chi connectivity index (χ0n) is 12.5. The van der Waals surface area contributed by atoms with Crippen LogP contribution in [0.3, 0.4) is 0 Å².